The molecule has 0 radical (unpaired) electrons. The van der Waals surface area contributed by atoms with Crippen molar-refractivity contribution in [2.45, 2.75) is 37.8 Å². The van der Waals surface area contributed by atoms with Crippen LogP contribution in [0.5, 0.6) is 0 Å². The highest BCUT2D eigenvalue weighted by Gasteiger charge is 2.27. The van der Waals surface area contributed by atoms with E-state index in [1.165, 1.54) is 12.8 Å². The summed E-state index contributed by atoms with van der Waals surface area (Å²) in [6, 6.07) is 1.05. The first kappa shape index (κ1) is 7.04. The molecule has 0 aromatic heterocycles. The largest absolute Gasteiger partial charge is 0.307 e. The third-order valence-corrected chi connectivity index (χ3v) is 2.67. The second-order valence-corrected chi connectivity index (χ2v) is 3.39. The lowest BCUT2D eigenvalue weighted by atomic mass is 10.0. The van der Waals surface area contributed by atoms with Gasteiger partial charge < -0.3 is 5.32 Å². The summed E-state index contributed by atoms with van der Waals surface area (Å²) in [6.45, 7) is 0. The molecule has 0 aromatic rings. The van der Waals surface area contributed by atoms with Gasteiger partial charge in [-0.05, 0) is 25.7 Å². The number of aldehydes is 1. The average molecular weight is 151 g/mol. The van der Waals surface area contributed by atoms with Crippen LogP contribution in [-0.4, -0.2) is 18.4 Å². The molecule has 1 N–H and O–H groups in total. The normalized spacial score (nSPS) is 36.2. The zero-order chi connectivity index (χ0) is 7.68. The highest BCUT2D eigenvalue weighted by atomic mass is 16.1. The van der Waals surface area contributed by atoms with Crippen LogP contribution >= 0.6 is 0 Å². The van der Waals surface area contributed by atoms with E-state index in [-0.39, 0.29) is 0 Å². The molecule has 2 nitrogen and oxygen atoms in total. The molecule has 1 fully saturated rings. The molecule has 2 aliphatic rings. The van der Waals surface area contributed by atoms with Gasteiger partial charge in [0.2, 0.25) is 0 Å². The highest BCUT2D eigenvalue weighted by molar-refractivity contribution is 5.75. The standard InChI is InChI=1S/C9H13NO/c11-6-7-2-1-3-8-4-5-9(7)10-8/h2,6,8-10H,1,3-5H2/t8-,9-/m1/s1. The number of allylic oxidation sites excluding steroid dienone is 1. The van der Waals surface area contributed by atoms with Crippen molar-refractivity contribution in [2.24, 2.45) is 0 Å². The molecule has 2 bridgehead atoms. The van der Waals surface area contributed by atoms with Gasteiger partial charge in [-0.1, -0.05) is 6.08 Å². The Morgan fingerprint density at radius 3 is 3.18 bits per heavy atom. The lowest BCUT2D eigenvalue weighted by Crippen LogP contribution is -2.29. The van der Waals surface area contributed by atoms with Crippen molar-refractivity contribution in [1.29, 1.82) is 0 Å². The molecule has 60 valence electrons. The predicted octanol–water partition coefficient (Wildman–Crippen LogP) is 1.03. The molecule has 0 unspecified atom stereocenters. The van der Waals surface area contributed by atoms with Gasteiger partial charge in [-0.15, -0.1) is 0 Å². The molecule has 0 aliphatic carbocycles. The average Bonchev–Trinajstić information content (AvgIpc) is 2.33. The third-order valence-electron chi connectivity index (χ3n) is 2.67. The lowest BCUT2D eigenvalue weighted by molar-refractivity contribution is -0.105. The number of fused-ring (bicyclic) bond motifs is 2. The van der Waals surface area contributed by atoms with E-state index in [0.29, 0.717) is 12.1 Å². The second kappa shape index (κ2) is 2.78. The molecule has 11 heavy (non-hydrogen) atoms. The van der Waals surface area contributed by atoms with Gasteiger partial charge in [-0.25, -0.2) is 0 Å². The van der Waals surface area contributed by atoms with Gasteiger partial charge in [0.15, 0.2) is 0 Å². The zero-order valence-corrected chi connectivity index (χ0v) is 6.55. The van der Waals surface area contributed by atoms with E-state index in [1.54, 1.807) is 0 Å². The van der Waals surface area contributed by atoms with Crippen molar-refractivity contribution in [3.05, 3.63) is 11.6 Å². The van der Waals surface area contributed by atoms with Crippen LogP contribution in [-0.2, 0) is 4.79 Å². The molecule has 0 spiro atoms. The monoisotopic (exact) mass is 151 g/mol. The van der Waals surface area contributed by atoms with Crippen LogP contribution in [0.25, 0.3) is 0 Å². The fourth-order valence-corrected chi connectivity index (χ4v) is 2.03. The Morgan fingerprint density at radius 2 is 2.36 bits per heavy atom. The molecular formula is C9H13NO. The van der Waals surface area contributed by atoms with Gasteiger partial charge in [-0.3, -0.25) is 4.79 Å². The molecule has 0 amide bonds. The first-order valence-corrected chi connectivity index (χ1v) is 4.31. The SMILES string of the molecule is O=CC1=CCC[C@@H]2CC[C@H]1N2. The van der Waals surface area contributed by atoms with Crippen LogP contribution in [0.1, 0.15) is 25.7 Å². The maximum Gasteiger partial charge on any atom is 0.147 e. The predicted molar refractivity (Wildman–Crippen MR) is 43.3 cm³/mol. The van der Waals surface area contributed by atoms with Gasteiger partial charge in [0.1, 0.15) is 6.29 Å². The van der Waals surface area contributed by atoms with Crippen LogP contribution in [0.15, 0.2) is 11.6 Å². The summed E-state index contributed by atoms with van der Waals surface area (Å²) in [5.41, 5.74) is 0.977. The smallest absolute Gasteiger partial charge is 0.147 e. The molecule has 2 heteroatoms. The molecule has 2 atom stereocenters. The van der Waals surface area contributed by atoms with Crippen molar-refractivity contribution in [3.63, 3.8) is 0 Å². The highest BCUT2D eigenvalue weighted by Crippen LogP contribution is 2.24. The summed E-state index contributed by atoms with van der Waals surface area (Å²) < 4.78 is 0. The maximum absolute atomic E-state index is 10.6. The van der Waals surface area contributed by atoms with Crippen LogP contribution < -0.4 is 5.32 Å². The van der Waals surface area contributed by atoms with Crippen molar-refractivity contribution >= 4 is 6.29 Å². The Labute approximate surface area is 66.7 Å². The Kier molecular flexibility index (Phi) is 1.78. The molecule has 2 rings (SSSR count). The van der Waals surface area contributed by atoms with Crippen molar-refractivity contribution < 1.29 is 4.79 Å². The Bertz CT molecular complexity index is 198. The molecule has 0 aromatic carbocycles. The summed E-state index contributed by atoms with van der Waals surface area (Å²) in [4.78, 5) is 10.6. The van der Waals surface area contributed by atoms with Crippen LogP contribution in [0.2, 0.25) is 0 Å². The van der Waals surface area contributed by atoms with E-state index in [4.69, 9.17) is 0 Å². The van der Waals surface area contributed by atoms with E-state index in [2.05, 4.69) is 11.4 Å². The van der Waals surface area contributed by atoms with Crippen LogP contribution in [0.3, 0.4) is 0 Å². The number of nitrogens with one attached hydrogen (secondary N) is 1. The Morgan fingerprint density at radius 1 is 1.45 bits per heavy atom. The van der Waals surface area contributed by atoms with Gasteiger partial charge in [0.05, 0.1) is 0 Å². The van der Waals surface area contributed by atoms with Crippen molar-refractivity contribution in [1.82, 2.24) is 5.32 Å². The summed E-state index contributed by atoms with van der Waals surface area (Å²) in [5.74, 6) is 0. The fraction of sp³-hybridized carbons (Fsp3) is 0.667. The molecule has 2 heterocycles. The first-order chi connectivity index (χ1) is 5.40. The minimum absolute atomic E-state index is 0.375. The molecular weight excluding hydrogens is 138 g/mol. The first-order valence-electron chi connectivity index (χ1n) is 4.31. The minimum Gasteiger partial charge on any atom is -0.307 e. The number of hydrogen-bond donors (Lipinski definition) is 1. The van der Waals surface area contributed by atoms with Gasteiger partial charge >= 0.3 is 0 Å². The quantitative estimate of drug-likeness (QED) is 0.567. The Balaban J connectivity index is 2.18. The van der Waals surface area contributed by atoms with E-state index < -0.39 is 0 Å². The number of rotatable bonds is 1. The van der Waals surface area contributed by atoms with Crippen LogP contribution in [0.4, 0.5) is 0 Å². The third kappa shape index (κ3) is 1.23. The topological polar surface area (TPSA) is 29.1 Å². The van der Waals surface area contributed by atoms with Gasteiger partial charge in [0, 0.05) is 17.7 Å². The Hall–Kier alpha value is -0.630. The lowest BCUT2D eigenvalue weighted by Gasteiger charge is -2.08. The van der Waals surface area contributed by atoms with Crippen molar-refractivity contribution in [2.75, 3.05) is 0 Å². The molecule has 2 aliphatic heterocycles. The summed E-state index contributed by atoms with van der Waals surface area (Å²) >= 11 is 0. The van der Waals surface area contributed by atoms with E-state index in [0.717, 1.165) is 24.7 Å². The summed E-state index contributed by atoms with van der Waals surface area (Å²) in [5, 5.41) is 3.45. The van der Waals surface area contributed by atoms with E-state index in [1.807, 2.05) is 0 Å². The number of hydrogen-bond acceptors (Lipinski definition) is 2. The van der Waals surface area contributed by atoms with E-state index in [9.17, 15) is 4.79 Å². The van der Waals surface area contributed by atoms with Crippen molar-refractivity contribution in [3.8, 4) is 0 Å². The zero-order valence-electron chi connectivity index (χ0n) is 6.55. The van der Waals surface area contributed by atoms with E-state index >= 15 is 0 Å². The van der Waals surface area contributed by atoms with Crippen LogP contribution in [0, 0.1) is 0 Å². The maximum atomic E-state index is 10.6. The van der Waals surface area contributed by atoms with Gasteiger partial charge in [0.25, 0.3) is 0 Å². The summed E-state index contributed by atoms with van der Waals surface area (Å²) in [7, 11) is 0. The second-order valence-electron chi connectivity index (χ2n) is 3.39. The number of carbonyl (C=O) groups excluding carboxylic acids is 1. The summed E-state index contributed by atoms with van der Waals surface area (Å²) in [6.07, 6.45) is 7.76. The molecule has 1 saturated heterocycles. The fourth-order valence-electron chi connectivity index (χ4n) is 2.03. The van der Waals surface area contributed by atoms with Gasteiger partial charge in [-0.2, -0.15) is 0 Å². The number of carbonyl (C=O) groups is 1. The minimum atomic E-state index is 0.375. The molecule has 0 saturated carbocycles.